The maximum absolute atomic E-state index is 11.0. The average Bonchev–Trinajstić information content (AvgIpc) is 2.52. The van der Waals surface area contributed by atoms with Crippen molar-refractivity contribution in [3.8, 4) is 0 Å². The van der Waals surface area contributed by atoms with Crippen LogP contribution in [0.15, 0.2) is 24.9 Å². The molecule has 0 bridgehead atoms. The van der Waals surface area contributed by atoms with Gasteiger partial charge in [-0.15, -0.1) is 0 Å². The van der Waals surface area contributed by atoms with Gasteiger partial charge in [0.05, 0.1) is 0 Å². The Morgan fingerprint density at radius 3 is 3.18 bits per heavy atom. The topological polar surface area (TPSA) is 29.5 Å². The van der Waals surface area contributed by atoms with Gasteiger partial charge in [-0.3, -0.25) is 4.90 Å². The maximum atomic E-state index is 11.0. The fraction of sp³-hybridized carbons (Fsp3) is 0.375. The van der Waals surface area contributed by atoms with Crippen LogP contribution in [0.4, 0.5) is 4.79 Å². The Hall–Kier alpha value is -1.25. The third-order valence-electron chi connectivity index (χ3n) is 1.38. The van der Waals surface area contributed by atoms with Crippen LogP contribution in [0, 0.1) is 0 Å². The van der Waals surface area contributed by atoms with Crippen LogP contribution in [-0.4, -0.2) is 24.1 Å². The van der Waals surface area contributed by atoms with E-state index in [-0.39, 0.29) is 12.7 Å². The summed E-state index contributed by atoms with van der Waals surface area (Å²) in [6, 6.07) is 0. The predicted molar refractivity (Wildman–Crippen MR) is 42.0 cm³/mol. The van der Waals surface area contributed by atoms with E-state index in [0.29, 0.717) is 0 Å². The van der Waals surface area contributed by atoms with Crippen molar-refractivity contribution in [3.05, 3.63) is 24.9 Å². The first-order chi connectivity index (χ1) is 5.34. The molecule has 1 amide bonds. The van der Waals surface area contributed by atoms with Gasteiger partial charge in [-0.25, -0.2) is 4.79 Å². The average molecular weight is 153 g/mol. The Morgan fingerprint density at radius 1 is 1.82 bits per heavy atom. The molecule has 0 fully saturated rings. The first kappa shape index (κ1) is 7.85. The highest BCUT2D eigenvalue weighted by atomic mass is 16.6. The summed E-state index contributed by atoms with van der Waals surface area (Å²) in [7, 11) is 0. The molecule has 0 spiro atoms. The lowest BCUT2D eigenvalue weighted by atomic mass is 10.5. The highest BCUT2D eigenvalue weighted by Crippen LogP contribution is 2.05. The molecule has 1 aliphatic rings. The minimum absolute atomic E-state index is 0.281. The Labute approximate surface area is 65.9 Å². The number of carbonyl (C=O) groups is 1. The Balaban J connectivity index is 2.29. The van der Waals surface area contributed by atoms with Crippen LogP contribution >= 0.6 is 0 Å². The Kier molecular flexibility index (Phi) is 2.72. The van der Waals surface area contributed by atoms with E-state index in [1.165, 1.54) is 0 Å². The summed E-state index contributed by atoms with van der Waals surface area (Å²) in [5.41, 5.74) is 0. The molecule has 1 aliphatic heterocycles. The molecule has 0 saturated carbocycles. The van der Waals surface area contributed by atoms with Crippen molar-refractivity contribution < 1.29 is 9.53 Å². The maximum Gasteiger partial charge on any atom is 0.414 e. The van der Waals surface area contributed by atoms with Crippen LogP contribution < -0.4 is 0 Å². The second kappa shape index (κ2) is 3.81. The third kappa shape index (κ3) is 2.11. The van der Waals surface area contributed by atoms with Gasteiger partial charge in [-0.1, -0.05) is 18.7 Å². The van der Waals surface area contributed by atoms with Crippen molar-refractivity contribution >= 4 is 6.09 Å². The molecule has 0 aromatic carbocycles. The van der Waals surface area contributed by atoms with Crippen molar-refractivity contribution in [2.75, 3.05) is 13.2 Å². The summed E-state index contributed by atoms with van der Waals surface area (Å²) >= 11 is 0. The Morgan fingerprint density at radius 2 is 2.64 bits per heavy atom. The first-order valence-electron chi connectivity index (χ1n) is 3.55. The van der Waals surface area contributed by atoms with Gasteiger partial charge >= 0.3 is 6.09 Å². The molecule has 0 aromatic rings. The lowest BCUT2D eigenvalue weighted by molar-refractivity contribution is 0.130. The van der Waals surface area contributed by atoms with Gasteiger partial charge in [0, 0.05) is 12.7 Å². The summed E-state index contributed by atoms with van der Waals surface area (Å²) in [5.74, 6) is 0. The highest BCUT2D eigenvalue weighted by molar-refractivity contribution is 5.69. The monoisotopic (exact) mass is 153 g/mol. The summed E-state index contributed by atoms with van der Waals surface area (Å²) in [4.78, 5) is 12.6. The highest BCUT2D eigenvalue weighted by Gasteiger charge is 2.13. The van der Waals surface area contributed by atoms with E-state index in [1.54, 1.807) is 17.2 Å². The number of rotatable bonds is 2. The first-order valence-corrected chi connectivity index (χ1v) is 3.55. The zero-order chi connectivity index (χ0) is 8.10. The van der Waals surface area contributed by atoms with Crippen molar-refractivity contribution in [1.29, 1.82) is 0 Å². The molecule has 3 nitrogen and oxygen atoms in total. The van der Waals surface area contributed by atoms with Gasteiger partial charge in [0.25, 0.3) is 0 Å². The van der Waals surface area contributed by atoms with Crippen molar-refractivity contribution in [2.24, 2.45) is 0 Å². The van der Waals surface area contributed by atoms with Crippen LogP contribution in [0.25, 0.3) is 0 Å². The standard InChI is InChI=1S/C8H11NO2/c1-2-7-11-8(10)9-5-3-4-6-9/h2-3,5H,1,4,6-7H2. The van der Waals surface area contributed by atoms with Gasteiger partial charge in [0.2, 0.25) is 0 Å². The molecule has 0 radical (unpaired) electrons. The lowest BCUT2D eigenvalue weighted by Gasteiger charge is -2.11. The summed E-state index contributed by atoms with van der Waals surface area (Å²) < 4.78 is 4.79. The summed E-state index contributed by atoms with van der Waals surface area (Å²) in [5, 5.41) is 0. The van der Waals surface area contributed by atoms with Gasteiger partial charge in [0.1, 0.15) is 6.61 Å². The second-order valence-electron chi connectivity index (χ2n) is 2.23. The molecule has 1 rings (SSSR count). The SMILES string of the molecule is C=CCOC(=O)N1C=CCC1. The minimum atomic E-state index is -0.293. The van der Waals surface area contributed by atoms with Crippen LogP contribution in [0.2, 0.25) is 0 Å². The number of amides is 1. The normalized spacial score (nSPS) is 15.1. The molecule has 0 N–H and O–H groups in total. The number of carbonyl (C=O) groups excluding carboxylic acids is 1. The molecular weight excluding hydrogens is 142 g/mol. The lowest BCUT2D eigenvalue weighted by Crippen LogP contribution is -2.24. The fourth-order valence-electron chi connectivity index (χ4n) is 0.855. The number of hydrogen-bond donors (Lipinski definition) is 0. The largest absolute Gasteiger partial charge is 0.445 e. The molecule has 60 valence electrons. The zero-order valence-corrected chi connectivity index (χ0v) is 6.32. The van der Waals surface area contributed by atoms with Gasteiger partial charge in [-0.2, -0.15) is 0 Å². The van der Waals surface area contributed by atoms with Crippen molar-refractivity contribution in [1.82, 2.24) is 4.90 Å². The van der Waals surface area contributed by atoms with Crippen molar-refractivity contribution in [3.63, 3.8) is 0 Å². The quantitative estimate of drug-likeness (QED) is 0.563. The van der Waals surface area contributed by atoms with E-state index in [0.717, 1.165) is 13.0 Å². The van der Waals surface area contributed by atoms with Gasteiger partial charge in [0.15, 0.2) is 0 Å². The zero-order valence-electron chi connectivity index (χ0n) is 6.32. The number of hydrogen-bond acceptors (Lipinski definition) is 2. The molecule has 0 aromatic heterocycles. The molecule has 3 heteroatoms. The molecule has 0 aliphatic carbocycles. The molecule has 1 heterocycles. The van der Waals surface area contributed by atoms with E-state index in [4.69, 9.17) is 4.74 Å². The van der Waals surface area contributed by atoms with E-state index in [9.17, 15) is 4.79 Å². The van der Waals surface area contributed by atoms with Crippen LogP contribution in [0.3, 0.4) is 0 Å². The minimum Gasteiger partial charge on any atom is -0.445 e. The Bertz CT molecular complexity index is 187. The van der Waals surface area contributed by atoms with Crippen LogP contribution in [0.1, 0.15) is 6.42 Å². The molecule has 0 atom stereocenters. The molecular formula is C8H11NO2. The fourth-order valence-corrected chi connectivity index (χ4v) is 0.855. The van der Waals surface area contributed by atoms with Gasteiger partial charge in [-0.05, 0) is 6.42 Å². The summed E-state index contributed by atoms with van der Waals surface area (Å²) in [6.45, 7) is 4.46. The van der Waals surface area contributed by atoms with E-state index in [2.05, 4.69) is 6.58 Å². The number of ether oxygens (including phenoxy) is 1. The van der Waals surface area contributed by atoms with E-state index >= 15 is 0 Å². The van der Waals surface area contributed by atoms with Crippen LogP contribution in [0.5, 0.6) is 0 Å². The molecule has 11 heavy (non-hydrogen) atoms. The molecule has 0 saturated heterocycles. The van der Waals surface area contributed by atoms with Gasteiger partial charge < -0.3 is 4.74 Å². The number of nitrogens with zero attached hydrogens (tertiary/aromatic N) is 1. The predicted octanol–water partition coefficient (Wildman–Crippen LogP) is 1.53. The second-order valence-corrected chi connectivity index (χ2v) is 2.23. The third-order valence-corrected chi connectivity index (χ3v) is 1.38. The molecule has 0 unspecified atom stereocenters. The smallest absolute Gasteiger partial charge is 0.414 e. The van der Waals surface area contributed by atoms with E-state index in [1.807, 2.05) is 6.08 Å². The summed E-state index contributed by atoms with van der Waals surface area (Å²) in [6.07, 6.45) is 5.86. The van der Waals surface area contributed by atoms with E-state index < -0.39 is 0 Å². The van der Waals surface area contributed by atoms with Crippen LogP contribution in [-0.2, 0) is 4.74 Å². The van der Waals surface area contributed by atoms with Crippen molar-refractivity contribution in [2.45, 2.75) is 6.42 Å².